The zero-order valence-electron chi connectivity index (χ0n) is 16.7. The van der Waals surface area contributed by atoms with Crippen molar-refractivity contribution in [3.63, 3.8) is 0 Å². The minimum atomic E-state index is -3.38. The van der Waals surface area contributed by atoms with E-state index in [1.165, 1.54) is 10.6 Å². The Morgan fingerprint density at radius 1 is 1.07 bits per heavy atom. The van der Waals surface area contributed by atoms with E-state index in [0.29, 0.717) is 18.8 Å². The highest BCUT2D eigenvalue weighted by molar-refractivity contribution is 7.88. The maximum Gasteiger partial charge on any atom is 0.246 e. The lowest BCUT2D eigenvalue weighted by Gasteiger charge is -2.39. The molecule has 2 heterocycles. The van der Waals surface area contributed by atoms with Gasteiger partial charge in [-0.2, -0.15) is 4.31 Å². The monoisotopic (exact) mass is 431 g/mol. The van der Waals surface area contributed by atoms with Crippen molar-refractivity contribution in [2.75, 3.05) is 24.4 Å². The first-order valence-electron chi connectivity index (χ1n) is 9.93. The van der Waals surface area contributed by atoms with Crippen LogP contribution in [0.2, 0.25) is 0 Å². The Kier molecular flexibility index (Phi) is 5.93. The zero-order chi connectivity index (χ0) is 21.1. The van der Waals surface area contributed by atoms with Crippen molar-refractivity contribution in [2.45, 2.75) is 37.8 Å². The molecule has 1 aliphatic carbocycles. The number of aliphatic hydroxyl groups excluding tert-OH is 1. The van der Waals surface area contributed by atoms with E-state index in [-0.39, 0.29) is 25.2 Å². The normalized spacial score (nSPS) is 20.0. The largest absolute Gasteiger partial charge is 0.395 e. The third-order valence-corrected chi connectivity index (χ3v) is 6.79. The minimum absolute atomic E-state index is 0.0318. The van der Waals surface area contributed by atoms with Gasteiger partial charge in [-0.3, -0.25) is 0 Å². The van der Waals surface area contributed by atoms with Gasteiger partial charge in [-0.15, -0.1) is 9.89 Å². The van der Waals surface area contributed by atoms with Crippen molar-refractivity contribution in [1.82, 2.24) is 29.4 Å². The van der Waals surface area contributed by atoms with Gasteiger partial charge in [0.25, 0.3) is 0 Å². The number of sulfonamides is 1. The first-order chi connectivity index (χ1) is 14.5. The summed E-state index contributed by atoms with van der Waals surface area (Å²) in [5, 5.41) is 19.8. The molecule has 0 amide bonds. The van der Waals surface area contributed by atoms with Crippen molar-refractivity contribution in [2.24, 2.45) is 0 Å². The van der Waals surface area contributed by atoms with Gasteiger partial charge >= 0.3 is 0 Å². The predicted molar refractivity (Wildman–Crippen MR) is 112 cm³/mol. The molecule has 0 unspecified atom stereocenters. The number of rotatable bonds is 7. The number of para-hydroxylation sites is 1. The SMILES string of the molecule is CS(=O)(=O)N(CCO)C1CCC(N(c2ncccn2)n2nnc3ccccc32)CC1. The number of fused-ring (bicyclic) bond motifs is 1. The van der Waals surface area contributed by atoms with Crippen molar-refractivity contribution < 1.29 is 13.5 Å². The summed E-state index contributed by atoms with van der Waals surface area (Å²) in [6.07, 6.45) is 7.38. The molecular weight excluding hydrogens is 406 g/mol. The van der Waals surface area contributed by atoms with Gasteiger partial charge in [-0.1, -0.05) is 12.1 Å². The molecule has 1 aliphatic rings. The van der Waals surface area contributed by atoms with E-state index in [4.69, 9.17) is 0 Å². The van der Waals surface area contributed by atoms with Crippen LogP contribution in [0.25, 0.3) is 11.0 Å². The Labute approximate surface area is 175 Å². The number of nitrogens with zero attached hydrogens (tertiary/aromatic N) is 7. The molecule has 0 aliphatic heterocycles. The van der Waals surface area contributed by atoms with Crippen LogP contribution >= 0.6 is 0 Å². The van der Waals surface area contributed by atoms with Gasteiger partial charge in [0.2, 0.25) is 16.0 Å². The molecule has 0 bridgehead atoms. The lowest BCUT2D eigenvalue weighted by atomic mass is 9.91. The summed E-state index contributed by atoms with van der Waals surface area (Å²) >= 11 is 0. The second-order valence-corrected chi connectivity index (χ2v) is 9.36. The Bertz CT molecular complexity index is 1080. The van der Waals surface area contributed by atoms with E-state index in [9.17, 15) is 13.5 Å². The summed E-state index contributed by atoms with van der Waals surface area (Å²) in [4.78, 5) is 10.6. The first kappa shape index (κ1) is 20.6. The fourth-order valence-corrected chi connectivity index (χ4v) is 5.30. The van der Waals surface area contributed by atoms with Crippen LogP contribution in [-0.2, 0) is 10.0 Å². The molecule has 0 saturated heterocycles. The summed E-state index contributed by atoms with van der Waals surface area (Å²) in [6.45, 7) is -0.0741. The average molecular weight is 432 g/mol. The van der Waals surface area contributed by atoms with E-state index in [1.54, 1.807) is 23.3 Å². The number of aromatic nitrogens is 5. The quantitative estimate of drug-likeness (QED) is 0.590. The Morgan fingerprint density at radius 3 is 2.40 bits per heavy atom. The van der Waals surface area contributed by atoms with E-state index in [0.717, 1.165) is 23.9 Å². The van der Waals surface area contributed by atoms with Crippen LogP contribution in [0.4, 0.5) is 5.95 Å². The Morgan fingerprint density at radius 2 is 1.73 bits per heavy atom. The molecule has 1 N–H and O–H groups in total. The third-order valence-electron chi connectivity index (χ3n) is 5.46. The van der Waals surface area contributed by atoms with Crippen LogP contribution < -0.4 is 5.01 Å². The summed E-state index contributed by atoms with van der Waals surface area (Å²) in [7, 11) is -3.38. The van der Waals surface area contributed by atoms with E-state index < -0.39 is 10.0 Å². The molecule has 1 fully saturated rings. The molecule has 1 saturated carbocycles. The third kappa shape index (κ3) is 4.13. The van der Waals surface area contributed by atoms with Crippen LogP contribution in [0.1, 0.15) is 25.7 Å². The van der Waals surface area contributed by atoms with Crippen LogP contribution in [0.3, 0.4) is 0 Å². The van der Waals surface area contributed by atoms with Crippen LogP contribution in [0.15, 0.2) is 42.7 Å². The van der Waals surface area contributed by atoms with E-state index in [2.05, 4.69) is 20.3 Å². The topological polar surface area (TPSA) is 117 Å². The predicted octanol–water partition coefficient (Wildman–Crippen LogP) is 1.06. The lowest BCUT2D eigenvalue weighted by Crippen LogP contribution is -2.49. The van der Waals surface area contributed by atoms with Gasteiger partial charge in [0.05, 0.1) is 18.9 Å². The van der Waals surface area contributed by atoms with Crippen molar-refractivity contribution in [1.29, 1.82) is 0 Å². The highest BCUT2D eigenvalue weighted by Gasteiger charge is 2.34. The fraction of sp³-hybridized carbons (Fsp3) is 0.474. The Balaban J connectivity index is 1.62. The molecule has 0 spiro atoms. The van der Waals surface area contributed by atoms with E-state index in [1.807, 2.05) is 29.3 Å². The van der Waals surface area contributed by atoms with Gasteiger partial charge in [0, 0.05) is 25.0 Å². The standard InChI is InChI=1S/C19H25N7O3S/c1-30(28,29)24(13-14-27)15-7-9-16(10-8-15)25(19-20-11-4-12-21-19)26-18-6-3-2-5-17(18)22-23-26/h2-6,11-12,15-16,27H,7-10,13-14H2,1H3. The highest BCUT2D eigenvalue weighted by Crippen LogP contribution is 2.30. The first-order valence-corrected chi connectivity index (χ1v) is 11.8. The molecule has 2 aromatic heterocycles. The molecule has 10 nitrogen and oxygen atoms in total. The van der Waals surface area contributed by atoms with Crippen molar-refractivity contribution in [3.8, 4) is 0 Å². The van der Waals surface area contributed by atoms with Crippen molar-refractivity contribution >= 4 is 27.0 Å². The van der Waals surface area contributed by atoms with Gasteiger partial charge in [0.15, 0.2) is 0 Å². The molecule has 0 atom stereocenters. The smallest absolute Gasteiger partial charge is 0.246 e. The molecule has 0 radical (unpaired) electrons. The molecule has 1 aromatic carbocycles. The molecule has 160 valence electrons. The lowest BCUT2D eigenvalue weighted by molar-refractivity contribution is 0.190. The number of anilines is 1. The molecular formula is C19H25N7O3S. The number of hydrogen-bond donors (Lipinski definition) is 1. The number of aliphatic hydroxyl groups is 1. The molecule has 11 heteroatoms. The summed E-state index contributed by atoms with van der Waals surface area (Å²) in [5.74, 6) is 0.520. The number of benzene rings is 1. The molecule has 30 heavy (non-hydrogen) atoms. The second kappa shape index (κ2) is 8.62. The van der Waals surface area contributed by atoms with Gasteiger partial charge in [-0.05, 0) is 49.1 Å². The summed E-state index contributed by atoms with van der Waals surface area (Å²) in [6, 6.07) is 9.36. The maximum absolute atomic E-state index is 12.2. The van der Waals surface area contributed by atoms with E-state index >= 15 is 0 Å². The zero-order valence-corrected chi connectivity index (χ0v) is 17.6. The maximum atomic E-state index is 12.2. The average Bonchev–Trinajstić information content (AvgIpc) is 3.17. The van der Waals surface area contributed by atoms with Gasteiger partial charge in [0.1, 0.15) is 11.0 Å². The fourth-order valence-electron chi connectivity index (χ4n) is 4.14. The van der Waals surface area contributed by atoms with Gasteiger partial charge in [-0.25, -0.2) is 23.4 Å². The molecule has 3 aromatic rings. The van der Waals surface area contributed by atoms with Gasteiger partial charge < -0.3 is 5.11 Å². The van der Waals surface area contributed by atoms with Crippen LogP contribution in [0, 0.1) is 0 Å². The highest BCUT2D eigenvalue weighted by atomic mass is 32.2. The summed E-state index contributed by atoms with van der Waals surface area (Å²) in [5.41, 5.74) is 1.63. The Hall–Kier alpha value is -2.63. The minimum Gasteiger partial charge on any atom is -0.395 e. The van der Waals surface area contributed by atoms with Crippen LogP contribution in [-0.4, -0.2) is 74.4 Å². The molecule has 4 rings (SSSR count). The van der Waals surface area contributed by atoms with Crippen molar-refractivity contribution in [3.05, 3.63) is 42.7 Å². The summed E-state index contributed by atoms with van der Waals surface area (Å²) < 4.78 is 25.7. The van der Waals surface area contributed by atoms with Crippen LogP contribution in [0.5, 0.6) is 0 Å². The number of hydrogen-bond acceptors (Lipinski definition) is 8. The second-order valence-electron chi connectivity index (χ2n) is 7.42.